The van der Waals surface area contributed by atoms with E-state index in [4.69, 9.17) is 18.5 Å². The topological polar surface area (TPSA) is 236 Å². The van der Waals surface area contributed by atoms with Crippen molar-refractivity contribution in [3.63, 3.8) is 0 Å². The zero-order chi connectivity index (χ0) is 32.9. The van der Waals surface area contributed by atoms with Gasteiger partial charge in [0.1, 0.15) is 24.4 Å². The zero-order valence-electron chi connectivity index (χ0n) is 25.7. The summed E-state index contributed by atoms with van der Waals surface area (Å²) >= 11 is 0. The largest absolute Gasteiger partial charge is 0.756 e. The maximum absolute atomic E-state index is 12.7. The Morgan fingerprint density at radius 3 is 2.43 bits per heavy atom. The number of likely N-dealkylation sites (tertiary alicyclic amines) is 1. The summed E-state index contributed by atoms with van der Waals surface area (Å²) in [5, 5.41) is 45.0. The quantitative estimate of drug-likeness (QED) is 0.0700. The second-order valence-corrected chi connectivity index (χ2v) is 12.8. The average molecular weight is 655 g/mol. The molecule has 256 valence electrons. The minimum atomic E-state index is -4.50. The summed E-state index contributed by atoms with van der Waals surface area (Å²) in [4.78, 5) is 49.6. The highest BCUT2D eigenvalue weighted by atomic mass is 31.2. The van der Waals surface area contributed by atoms with Crippen LogP contribution in [0.25, 0.3) is 0 Å². The van der Waals surface area contributed by atoms with E-state index in [1.165, 1.54) is 11.8 Å². The molecule has 0 aromatic carbocycles. The second kappa shape index (κ2) is 19.1. The van der Waals surface area contributed by atoms with Gasteiger partial charge in [-0.15, -0.1) is 0 Å². The molecule has 3 amide bonds. The number of unbranched alkanes of at least 4 members (excludes halogenated alkanes) is 3. The van der Waals surface area contributed by atoms with E-state index in [1.54, 1.807) is 13.8 Å². The van der Waals surface area contributed by atoms with E-state index in [-0.39, 0.29) is 50.8 Å². The third-order valence-electron chi connectivity index (χ3n) is 7.20. The molecule has 2 rings (SSSR count). The minimum absolute atomic E-state index is 0.111. The van der Waals surface area contributed by atoms with E-state index >= 15 is 0 Å². The summed E-state index contributed by atoms with van der Waals surface area (Å²) in [5.41, 5.74) is 0. The van der Waals surface area contributed by atoms with Crippen LogP contribution in [0.5, 0.6) is 0 Å². The van der Waals surface area contributed by atoms with Gasteiger partial charge >= 0.3 is 0 Å². The first kappa shape index (κ1) is 38.5. The molecular formula is C27H49N3O13P-. The van der Waals surface area contributed by atoms with E-state index in [0.29, 0.717) is 38.6 Å². The minimum Gasteiger partial charge on any atom is -0.756 e. The molecule has 2 aliphatic heterocycles. The van der Waals surface area contributed by atoms with E-state index in [1.807, 2.05) is 0 Å². The van der Waals surface area contributed by atoms with Gasteiger partial charge < -0.3 is 59.4 Å². The summed E-state index contributed by atoms with van der Waals surface area (Å²) in [6, 6.07) is -1.58. The van der Waals surface area contributed by atoms with Crippen molar-refractivity contribution in [2.75, 3.05) is 32.9 Å². The van der Waals surface area contributed by atoms with Crippen molar-refractivity contribution in [2.45, 2.75) is 121 Å². The zero-order valence-corrected chi connectivity index (χ0v) is 26.6. The van der Waals surface area contributed by atoms with Crippen molar-refractivity contribution in [3.8, 4) is 0 Å². The molecule has 0 aromatic heterocycles. The van der Waals surface area contributed by atoms with E-state index < -0.39 is 69.2 Å². The van der Waals surface area contributed by atoms with Crippen LogP contribution in [0.3, 0.4) is 0 Å². The van der Waals surface area contributed by atoms with Crippen LogP contribution in [0.15, 0.2) is 0 Å². The van der Waals surface area contributed by atoms with Crippen LogP contribution in [0.4, 0.5) is 0 Å². The lowest BCUT2D eigenvalue weighted by atomic mass is 9.97. The van der Waals surface area contributed by atoms with Crippen LogP contribution in [0, 0.1) is 0 Å². The maximum atomic E-state index is 12.7. The predicted octanol–water partition coefficient (Wildman–Crippen LogP) is -1.33. The van der Waals surface area contributed by atoms with Crippen molar-refractivity contribution >= 4 is 25.5 Å². The highest BCUT2D eigenvalue weighted by Crippen LogP contribution is 2.40. The number of ether oxygens (including phenoxy) is 2. The maximum Gasteiger partial charge on any atom is 0.268 e. The normalized spacial score (nSPS) is 28.6. The van der Waals surface area contributed by atoms with Crippen molar-refractivity contribution in [1.29, 1.82) is 0 Å². The predicted molar refractivity (Wildman–Crippen MR) is 153 cm³/mol. The molecule has 0 radical (unpaired) electrons. The molecule has 0 saturated carbocycles. The summed E-state index contributed by atoms with van der Waals surface area (Å²) < 4.78 is 32.6. The molecule has 0 aliphatic carbocycles. The monoisotopic (exact) mass is 654 g/mol. The highest BCUT2D eigenvalue weighted by molar-refractivity contribution is 7.45. The number of β-amino-alcohol motifs (C(OH)–C–C–N with tert-alkyl or cyclic N) is 1. The standard InChI is InChI=1S/C27H50N3O13P/c1-17(2)43-44(38,39)41-16-19-13-20(33)14-30(19)23(35)10-5-4-7-11-28-22(34)9-6-8-12-40-27-24(29-18(3)32)26(37)25(36)21(15-31)42-27/h17,19-21,24-27,31,33,36-37H,4-16H2,1-3H3,(H,28,34)(H,29,32)(H,38,39)/p-1/t19-,20+,21?,24?,25?,26?,27?/m0/s1. The third-order valence-corrected chi connectivity index (χ3v) is 8.34. The molecule has 0 aromatic rings. The number of nitrogens with one attached hydrogen (secondary N) is 2. The van der Waals surface area contributed by atoms with Gasteiger partial charge in [0.2, 0.25) is 17.7 Å². The molecule has 6 unspecified atom stereocenters. The van der Waals surface area contributed by atoms with Crippen LogP contribution in [0.2, 0.25) is 0 Å². The van der Waals surface area contributed by atoms with Crippen molar-refractivity contribution < 1.29 is 62.8 Å². The van der Waals surface area contributed by atoms with Crippen LogP contribution >= 0.6 is 7.82 Å². The Hall–Kier alpha value is -1.72. The van der Waals surface area contributed by atoms with Gasteiger partial charge in [0, 0.05) is 39.5 Å². The second-order valence-electron chi connectivity index (χ2n) is 11.4. The highest BCUT2D eigenvalue weighted by Gasteiger charge is 2.45. The summed E-state index contributed by atoms with van der Waals surface area (Å²) in [6.45, 7) is 4.26. The number of carbonyl (C=O) groups is 3. The Morgan fingerprint density at radius 2 is 1.77 bits per heavy atom. The number of aliphatic hydroxyl groups is 4. The fourth-order valence-corrected chi connectivity index (χ4v) is 5.99. The molecule has 17 heteroatoms. The first-order chi connectivity index (χ1) is 20.7. The molecule has 0 bridgehead atoms. The van der Waals surface area contributed by atoms with E-state index in [2.05, 4.69) is 10.6 Å². The Bertz CT molecular complexity index is 958. The number of phosphoric ester groups is 1. The van der Waals surface area contributed by atoms with Gasteiger partial charge in [-0.05, 0) is 46.0 Å². The van der Waals surface area contributed by atoms with Crippen LogP contribution in [0.1, 0.15) is 72.1 Å². The molecule has 2 heterocycles. The lowest BCUT2D eigenvalue weighted by molar-refractivity contribution is -0.270. The number of phosphoric acid groups is 1. The van der Waals surface area contributed by atoms with Crippen LogP contribution in [-0.2, 0) is 37.5 Å². The molecular weight excluding hydrogens is 605 g/mol. The fourth-order valence-electron chi connectivity index (χ4n) is 5.06. The summed E-state index contributed by atoms with van der Waals surface area (Å²) in [7, 11) is -4.50. The van der Waals surface area contributed by atoms with Gasteiger partial charge in [0.05, 0.1) is 31.5 Å². The van der Waals surface area contributed by atoms with Gasteiger partial charge in [-0.3, -0.25) is 18.9 Å². The summed E-state index contributed by atoms with van der Waals surface area (Å²) in [5.74, 6) is -0.791. The van der Waals surface area contributed by atoms with Gasteiger partial charge in [-0.2, -0.15) is 0 Å². The van der Waals surface area contributed by atoms with Gasteiger partial charge in [0.25, 0.3) is 7.82 Å². The number of hydrogen-bond donors (Lipinski definition) is 6. The number of hydrogen-bond acceptors (Lipinski definition) is 13. The molecule has 44 heavy (non-hydrogen) atoms. The Labute approximate surface area is 258 Å². The number of carbonyl (C=O) groups excluding carboxylic acids is 3. The van der Waals surface area contributed by atoms with Gasteiger partial charge in [-0.1, -0.05) is 6.42 Å². The van der Waals surface area contributed by atoms with Crippen molar-refractivity contribution in [2.24, 2.45) is 0 Å². The van der Waals surface area contributed by atoms with Crippen LogP contribution < -0.4 is 15.5 Å². The first-order valence-electron chi connectivity index (χ1n) is 15.1. The molecule has 16 nitrogen and oxygen atoms in total. The van der Waals surface area contributed by atoms with Gasteiger partial charge in [-0.25, -0.2) is 0 Å². The summed E-state index contributed by atoms with van der Waals surface area (Å²) in [6.07, 6.45) is -2.67. The number of rotatable bonds is 19. The Morgan fingerprint density at radius 1 is 1.07 bits per heavy atom. The molecule has 2 aliphatic rings. The molecule has 2 fully saturated rings. The third kappa shape index (κ3) is 13.3. The molecule has 2 saturated heterocycles. The fraction of sp³-hybridized carbons (Fsp3) is 0.889. The van der Waals surface area contributed by atoms with E-state index in [9.17, 15) is 44.3 Å². The Balaban J connectivity index is 1.59. The lowest BCUT2D eigenvalue weighted by Crippen LogP contribution is -2.64. The van der Waals surface area contributed by atoms with Gasteiger partial charge in [0.15, 0.2) is 6.29 Å². The van der Waals surface area contributed by atoms with Crippen LogP contribution in [-0.4, -0.2) is 125 Å². The molecule has 0 spiro atoms. The number of aliphatic hydroxyl groups excluding tert-OH is 4. The lowest BCUT2D eigenvalue weighted by Gasteiger charge is -2.42. The Kier molecular flexibility index (Phi) is 16.7. The SMILES string of the molecule is CC(=O)NC1C(OCCCCC(=O)NCCCCCC(=O)N2C[C@H](O)C[C@H]2COP(=O)([O-])OC(C)C)OC(CO)C(O)C1O. The average Bonchev–Trinajstić information content (AvgIpc) is 3.32. The molecule has 8 atom stereocenters. The smallest absolute Gasteiger partial charge is 0.268 e. The number of nitrogens with zero attached hydrogens (tertiary/aromatic N) is 1. The van der Waals surface area contributed by atoms with Crippen molar-refractivity contribution in [3.05, 3.63) is 0 Å². The van der Waals surface area contributed by atoms with E-state index in [0.717, 1.165) is 0 Å². The first-order valence-corrected chi connectivity index (χ1v) is 16.6. The molecule has 6 N–H and O–H groups in total. The number of amides is 3. The van der Waals surface area contributed by atoms with Crippen molar-refractivity contribution in [1.82, 2.24) is 15.5 Å².